The highest BCUT2D eigenvalue weighted by molar-refractivity contribution is 5.83. The van der Waals surface area contributed by atoms with Crippen LogP contribution in [0.5, 0.6) is 0 Å². The van der Waals surface area contributed by atoms with Crippen molar-refractivity contribution >= 4 is 17.1 Å². The fourth-order valence-electron chi connectivity index (χ4n) is 6.48. The summed E-state index contributed by atoms with van der Waals surface area (Å²) in [6.45, 7) is 3.96. The van der Waals surface area contributed by atoms with Crippen molar-refractivity contribution in [3.05, 3.63) is 73.0 Å². The molecule has 0 unspecified atom stereocenters. The number of rotatable bonds is 6. The van der Waals surface area contributed by atoms with Gasteiger partial charge in [-0.1, -0.05) is 6.92 Å². The lowest BCUT2D eigenvalue weighted by Crippen LogP contribution is -2.43. The molecule has 0 amide bonds. The van der Waals surface area contributed by atoms with Gasteiger partial charge in [-0.3, -0.25) is 9.48 Å². The SMILES string of the molecule is CCC1(c2ncccn2)CCN(c2ccc(-c3nc(-c4cnn(C5CCC(=O)CC5)c4)cn4ncc(C#N)c34)cn2)CC1. The predicted octanol–water partition coefficient (Wildman–Crippen LogP) is 4.95. The molecule has 0 bridgehead atoms. The largest absolute Gasteiger partial charge is 0.357 e. The number of hydrogen-bond donors (Lipinski definition) is 0. The Balaban J connectivity index is 1.16. The van der Waals surface area contributed by atoms with Crippen LogP contribution in [0.1, 0.15) is 69.3 Å². The molecule has 6 heterocycles. The minimum absolute atomic E-state index is 0.00835. The first-order chi connectivity index (χ1) is 21.1. The fourth-order valence-corrected chi connectivity index (χ4v) is 6.48. The van der Waals surface area contributed by atoms with E-state index in [9.17, 15) is 10.1 Å². The molecule has 0 radical (unpaired) electrons. The van der Waals surface area contributed by atoms with Crippen LogP contribution in [0.25, 0.3) is 28.0 Å². The molecule has 1 saturated carbocycles. The quantitative estimate of drug-likeness (QED) is 0.277. The first-order valence-corrected chi connectivity index (χ1v) is 14.9. The van der Waals surface area contributed by atoms with Crippen LogP contribution in [0, 0.1) is 11.3 Å². The second-order valence-corrected chi connectivity index (χ2v) is 11.5. The van der Waals surface area contributed by atoms with Crippen LogP contribution in [0.3, 0.4) is 0 Å². The third-order valence-corrected chi connectivity index (χ3v) is 9.18. The highest BCUT2D eigenvalue weighted by atomic mass is 16.1. The molecule has 1 aliphatic carbocycles. The number of nitriles is 1. The molecular formula is C32H32N10O. The lowest BCUT2D eigenvalue weighted by Gasteiger charge is -2.40. The summed E-state index contributed by atoms with van der Waals surface area (Å²) in [6.07, 6.45) is 18.4. The van der Waals surface area contributed by atoms with E-state index in [1.165, 1.54) is 0 Å². The first kappa shape index (κ1) is 26.9. The molecule has 43 heavy (non-hydrogen) atoms. The number of pyridine rings is 1. The van der Waals surface area contributed by atoms with Crippen LogP contribution in [0.2, 0.25) is 0 Å². The minimum atomic E-state index is -0.00835. The first-order valence-electron chi connectivity index (χ1n) is 14.9. The Morgan fingerprint density at radius 1 is 0.977 bits per heavy atom. The summed E-state index contributed by atoms with van der Waals surface area (Å²) >= 11 is 0. The van der Waals surface area contributed by atoms with Crippen LogP contribution in [-0.2, 0) is 10.2 Å². The molecule has 5 aromatic heterocycles. The molecule has 11 nitrogen and oxygen atoms in total. The topological polar surface area (TPSA) is 131 Å². The number of nitrogens with zero attached hydrogens (tertiary/aromatic N) is 10. The highest BCUT2D eigenvalue weighted by Crippen LogP contribution is 2.38. The van der Waals surface area contributed by atoms with E-state index in [0.29, 0.717) is 41.1 Å². The normalized spacial score (nSPS) is 17.3. The number of piperidine rings is 1. The van der Waals surface area contributed by atoms with Crippen molar-refractivity contribution in [3.8, 4) is 28.6 Å². The molecular weight excluding hydrogens is 540 g/mol. The van der Waals surface area contributed by atoms with E-state index in [2.05, 4.69) is 38.1 Å². The third-order valence-electron chi connectivity index (χ3n) is 9.18. The van der Waals surface area contributed by atoms with Gasteiger partial charge in [0.2, 0.25) is 0 Å². The standard InChI is InChI=1S/C32H32N10O/c1-2-32(31-34-12-3-13-35-31)10-14-40(15-11-32)28-9-4-22(17-36-28)29-30-23(16-33)18-38-42(30)21-27(39-29)24-19-37-41(20-24)25-5-7-26(43)8-6-25/h3-4,9,12-13,17-21,25H,2,5-8,10-11,14-15H2,1H3. The smallest absolute Gasteiger partial charge is 0.134 e. The maximum absolute atomic E-state index is 11.7. The second kappa shape index (κ2) is 11.0. The summed E-state index contributed by atoms with van der Waals surface area (Å²) in [5.41, 5.74) is 4.10. The van der Waals surface area contributed by atoms with Gasteiger partial charge >= 0.3 is 0 Å². The van der Waals surface area contributed by atoms with Crippen molar-refractivity contribution in [2.45, 2.75) is 63.3 Å². The van der Waals surface area contributed by atoms with Gasteiger partial charge in [-0.25, -0.2) is 24.5 Å². The number of Topliss-reactive ketones (excluding diaryl/α,β-unsaturated/α-hetero) is 1. The fraction of sp³-hybridized carbons (Fsp3) is 0.375. The van der Waals surface area contributed by atoms with E-state index in [4.69, 9.17) is 9.97 Å². The van der Waals surface area contributed by atoms with Crippen molar-refractivity contribution in [2.24, 2.45) is 0 Å². The maximum Gasteiger partial charge on any atom is 0.134 e. The summed E-state index contributed by atoms with van der Waals surface area (Å²) in [4.78, 5) is 33.0. The van der Waals surface area contributed by atoms with Gasteiger partial charge in [0.15, 0.2) is 0 Å². The molecule has 2 fully saturated rings. The van der Waals surface area contributed by atoms with Gasteiger partial charge in [0.1, 0.15) is 34.6 Å². The molecule has 5 aromatic rings. The number of carbonyl (C=O) groups is 1. The molecule has 2 aliphatic rings. The predicted molar refractivity (Wildman–Crippen MR) is 160 cm³/mol. The molecule has 1 saturated heterocycles. The number of fused-ring (bicyclic) bond motifs is 1. The summed E-state index contributed by atoms with van der Waals surface area (Å²) in [7, 11) is 0. The average Bonchev–Trinajstić information content (AvgIpc) is 3.73. The van der Waals surface area contributed by atoms with Gasteiger partial charge in [-0.05, 0) is 50.3 Å². The highest BCUT2D eigenvalue weighted by Gasteiger charge is 2.37. The van der Waals surface area contributed by atoms with Crippen LogP contribution in [-0.4, -0.2) is 58.2 Å². The van der Waals surface area contributed by atoms with Gasteiger partial charge in [-0.15, -0.1) is 0 Å². The molecule has 1 aliphatic heterocycles. The summed E-state index contributed by atoms with van der Waals surface area (Å²) < 4.78 is 3.66. The zero-order valence-corrected chi connectivity index (χ0v) is 24.1. The number of anilines is 1. The molecule has 11 heteroatoms. The maximum atomic E-state index is 11.7. The van der Waals surface area contributed by atoms with Crippen molar-refractivity contribution in [1.29, 1.82) is 5.26 Å². The van der Waals surface area contributed by atoms with E-state index in [-0.39, 0.29) is 11.5 Å². The molecule has 0 N–H and O–H groups in total. The van der Waals surface area contributed by atoms with Crippen LogP contribution in [0.15, 0.2) is 61.6 Å². The Hall–Kier alpha value is -4.98. The van der Waals surface area contributed by atoms with Gasteiger partial charge in [0, 0.05) is 67.3 Å². The van der Waals surface area contributed by atoms with E-state index < -0.39 is 0 Å². The Morgan fingerprint density at radius 3 is 2.47 bits per heavy atom. The van der Waals surface area contributed by atoms with Crippen LogP contribution in [0.4, 0.5) is 5.82 Å². The van der Waals surface area contributed by atoms with Crippen molar-refractivity contribution in [2.75, 3.05) is 18.0 Å². The Bertz CT molecular complexity index is 1800. The molecule has 0 spiro atoms. The van der Waals surface area contributed by atoms with E-state index in [0.717, 1.165) is 68.0 Å². The van der Waals surface area contributed by atoms with Gasteiger partial charge in [0.25, 0.3) is 0 Å². The Morgan fingerprint density at radius 2 is 1.77 bits per heavy atom. The third kappa shape index (κ3) is 4.92. The summed E-state index contributed by atoms with van der Waals surface area (Å²) in [5.74, 6) is 2.17. The zero-order valence-electron chi connectivity index (χ0n) is 24.1. The molecule has 216 valence electrons. The summed E-state index contributed by atoms with van der Waals surface area (Å²) in [5, 5.41) is 18.9. The zero-order chi connectivity index (χ0) is 29.4. The average molecular weight is 573 g/mol. The monoisotopic (exact) mass is 572 g/mol. The Labute approximate surface area is 249 Å². The molecule has 0 aromatic carbocycles. The Kier molecular flexibility index (Phi) is 6.89. The number of ketones is 1. The number of carbonyl (C=O) groups excluding carboxylic acids is 1. The van der Waals surface area contributed by atoms with Crippen molar-refractivity contribution in [3.63, 3.8) is 0 Å². The second-order valence-electron chi connectivity index (χ2n) is 11.5. The lowest BCUT2D eigenvalue weighted by atomic mass is 9.75. The summed E-state index contributed by atoms with van der Waals surface area (Å²) in [6, 6.07) is 8.38. The number of hydrogen-bond acceptors (Lipinski definition) is 9. The van der Waals surface area contributed by atoms with Crippen molar-refractivity contribution < 1.29 is 4.79 Å². The number of aromatic nitrogens is 8. The van der Waals surface area contributed by atoms with E-state index in [1.807, 2.05) is 53.9 Å². The molecule has 0 atom stereocenters. The lowest BCUT2D eigenvalue weighted by molar-refractivity contribution is -0.120. The van der Waals surface area contributed by atoms with Crippen LogP contribution >= 0.6 is 0 Å². The van der Waals surface area contributed by atoms with Gasteiger partial charge < -0.3 is 4.90 Å². The van der Waals surface area contributed by atoms with E-state index >= 15 is 0 Å². The van der Waals surface area contributed by atoms with Crippen molar-refractivity contribution in [1.82, 2.24) is 39.3 Å². The van der Waals surface area contributed by atoms with Gasteiger partial charge in [0.05, 0.1) is 36.0 Å². The van der Waals surface area contributed by atoms with E-state index in [1.54, 1.807) is 16.9 Å². The van der Waals surface area contributed by atoms with Gasteiger partial charge in [-0.2, -0.15) is 15.5 Å². The minimum Gasteiger partial charge on any atom is -0.357 e. The van der Waals surface area contributed by atoms with Crippen LogP contribution < -0.4 is 4.90 Å². The molecule has 7 rings (SSSR count).